The van der Waals surface area contributed by atoms with Crippen molar-refractivity contribution in [1.82, 2.24) is 5.32 Å². The summed E-state index contributed by atoms with van der Waals surface area (Å²) in [4.78, 5) is 17.7. The lowest BCUT2D eigenvalue weighted by molar-refractivity contribution is 0.306. The number of hydrogen-bond donors (Lipinski definition) is 3. The van der Waals surface area contributed by atoms with E-state index in [0.717, 1.165) is 35.5 Å². The summed E-state index contributed by atoms with van der Waals surface area (Å²) in [5.74, 6) is 0.902. The van der Waals surface area contributed by atoms with Gasteiger partial charge in [0.2, 0.25) is 0 Å². The molecule has 0 saturated carbocycles. The van der Waals surface area contributed by atoms with Crippen LogP contribution in [-0.2, 0) is 11.1 Å². The number of nitrogens with one attached hydrogen (secondary N) is 1. The Morgan fingerprint density at radius 3 is 2.48 bits per heavy atom. The first-order valence-corrected chi connectivity index (χ1v) is 11.3. The van der Waals surface area contributed by atoms with Crippen molar-refractivity contribution < 1.29 is 19.1 Å². The van der Waals surface area contributed by atoms with Crippen LogP contribution in [-0.4, -0.2) is 29.1 Å². The molecule has 0 heterocycles. The molecule has 0 bridgehead atoms. The molecule has 3 N–H and O–H groups in total. The second-order valence-corrected chi connectivity index (χ2v) is 8.48. The molecule has 0 radical (unpaired) electrons. The Hall–Kier alpha value is -1.65. The van der Waals surface area contributed by atoms with E-state index in [1.165, 1.54) is 12.8 Å². The van der Waals surface area contributed by atoms with Gasteiger partial charge in [0.15, 0.2) is 0 Å². The van der Waals surface area contributed by atoms with Crippen LogP contribution in [0.2, 0.25) is 0 Å². The maximum absolute atomic E-state index is 10.8. The van der Waals surface area contributed by atoms with Gasteiger partial charge in [-0.15, -0.1) is 0 Å². The zero-order chi connectivity index (χ0) is 19.5. The lowest BCUT2D eigenvalue weighted by Crippen LogP contribution is -2.15. The van der Waals surface area contributed by atoms with Gasteiger partial charge in [-0.2, -0.15) is 0 Å². The number of ether oxygens (including phenoxy) is 1. The third-order valence-electron chi connectivity index (χ3n) is 4.27. The Morgan fingerprint density at radius 1 is 1.00 bits per heavy atom. The van der Waals surface area contributed by atoms with Gasteiger partial charge in [-0.3, -0.25) is 4.57 Å². The lowest BCUT2D eigenvalue weighted by Gasteiger charge is -2.09. The average molecular weight is 391 g/mol. The van der Waals surface area contributed by atoms with Gasteiger partial charge in [0, 0.05) is 6.54 Å². The third kappa shape index (κ3) is 8.72. The van der Waals surface area contributed by atoms with Gasteiger partial charge in [-0.1, -0.05) is 56.2 Å². The minimum atomic E-state index is -3.88. The molecule has 2 rings (SSSR count). The number of unbranched alkanes of at least 4 members (excludes halogenated alkanes) is 2. The molecule has 5 nitrogen and oxygen atoms in total. The first-order valence-electron chi connectivity index (χ1n) is 9.55. The van der Waals surface area contributed by atoms with Gasteiger partial charge in [0.05, 0.1) is 12.8 Å². The first kappa shape index (κ1) is 21.6. The van der Waals surface area contributed by atoms with Crippen LogP contribution in [0.15, 0.2) is 48.5 Å². The molecule has 0 amide bonds. The fourth-order valence-corrected chi connectivity index (χ4v) is 3.34. The quantitative estimate of drug-likeness (QED) is 0.365. The van der Waals surface area contributed by atoms with E-state index in [0.29, 0.717) is 19.5 Å². The molecule has 0 spiro atoms. The van der Waals surface area contributed by atoms with Crippen molar-refractivity contribution in [3.63, 3.8) is 0 Å². The molecular formula is C21H30NO4P. The Kier molecular flexibility index (Phi) is 9.02. The second-order valence-electron chi connectivity index (χ2n) is 6.70. The molecule has 2 aromatic rings. The molecular weight excluding hydrogens is 361 g/mol. The third-order valence-corrected chi connectivity index (χ3v) is 5.17. The maximum Gasteiger partial charge on any atom is 0.325 e. The molecule has 0 aromatic heterocycles. The van der Waals surface area contributed by atoms with Crippen molar-refractivity contribution in [3.05, 3.63) is 54.1 Å². The van der Waals surface area contributed by atoms with Crippen LogP contribution in [0.25, 0.3) is 11.1 Å². The zero-order valence-electron chi connectivity index (χ0n) is 15.9. The van der Waals surface area contributed by atoms with Crippen molar-refractivity contribution in [1.29, 1.82) is 0 Å². The Labute approximate surface area is 161 Å². The van der Waals surface area contributed by atoms with Gasteiger partial charge < -0.3 is 19.8 Å². The van der Waals surface area contributed by atoms with Gasteiger partial charge in [0.25, 0.3) is 0 Å². The molecule has 2 aromatic carbocycles. The predicted molar refractivity (Wildman–Crippen MR) is 110 cm³/mol. The highest BCUT2D eigenvalue weighted by molar-refractivity contribution is 7.51. The Bertz CT molecular complexity index is 727. The predicted octanol–water partition coefficient (Wildman–Crippen LogP) is 4.58. The van der Waals surface area contributed by atoms with E-state index in [1.807, 2.05) is 12.1 Å². The highest BCUT2D eigenvalue weighted by Gasteiger charge is 2.10. The smallest absolute Gasteiger partial charge is 0.325 e. The molecule has 0 fully saturated rings. The van der Waals surface area contributed by atoms with Crippen LogP contribution in [0.5, 0.6) is 5.75 Å². The van der Waals surface area contributed by atoms with E-state index in [4.69, 9.17) is 14.5 Å². The summed E-state index contributed by atoms with van der Waals surface area (Å²) in [7, 11) is -3.88. The minimum Gasteiger partial charge on any atom is -0.494 e. The molecule has 0 unspecified atom stereocenters. The normalized spacial score (nSPS) is 11.5. The second kappa shape index (κ2) is 11.3. The summed E-state index contributed by atoms with van der Waals surface area (Å²) in [5.41, 5.74) is 3.41. The van der Waals surface area contributed by atoms with Gasteiger partial charge >= 0.3 is 7.60 Å². The fraction of sp³-hybridized carbons (Fsp3) is 0.429. The van der Waals surface area contributed by atoms with E-state index in [9.17, 15) is 4.57 Å². The van der Waals surface area contributed by atoms with Crippen LogP contribution in [0, 0.1) is 0 Å². The van der Waals surface area contributed by atoms with Gasteiger partial charge in [0.1, 0.15) is 5.75 Å². The van der Waals surface area contributed by atoms with E-state index in [2.05, 4.69) is 48.6 Å². The highest BCUT2D eigenvalue weighted by atomic mass is 31.2. The number of rotatable bonds is 12. The van der Waals surface area contributed by atoms with Crippen molar-refractivity contribution >= 4 is 7.60 Å². The summed E-state index contributed by atoms with van der Waals surface area (Å²) in [6, 6.07) is 16.5. The summed E-state index contributed by atoms with van der Waals surface area (Å²) in [6.45, 7) is 4.21. The van der Waals surface area contributed by atoms with E-state index in [1.54, 1.807) is 0 Å². The topological polar surface area (TPSA) is 78.8 Å². The number of hydrogen-bond acceptors (Lipinski definition) is 3. The van der Waals surface area contributed by atoms with E-state index < -0.39 is 7.60 Å². The molecule has 6 heteroatoms. The Morgan fingerprint density at radius 2 is 1.78 bits per heavy atom. The van der Waals surface area contributed by atoms with Crippen molar-refractivity contribution in [2.45, 2.75) is 39.2 Å². The van der Waals surface area contributed by atoms with Crippen molar-refractivity contribution in [2.24, 2.45) is 0 Å². The summed E-state index contributed by atoms with van der Waals surface area (Å²) in [5, 5.41) is 3.21. The number of benzene rings is 2. The van der Waals surface area contributed by atoms with Gasteiger partial charge in [-0.25, -0.2) is 0 Å². The molecule has 27 heavy (non-hydrogen) atoms. The average Bonchev–Trinajstić information content (AvgIpc) is 2.65. The summed E-state index contributed by atoms with van der Waals surface area (Å²) < 4.78 is 16.6. The highest BCUT2D eigenvalue weighted by Crippen LogP contribution is 2.34. The standard InChI is InChI=1S/C21H30NO4P/c1-2-3-4-14-26-21-8-5-7-20(16-21)19-11-9-18(10-12-19)17-22-13-6-15-27(23,24)25/h5,7-12,16,22H,2-4,6,13-15,17H2,1H3,(H2,23,24,25). The van der Waals surface area contributed by atoms with Crippen LogP contribution in [0.3, 0.4) is 0 Å². The monoisotopic (exact) mass is 391 g/mol. The van der Waals surface area contributed by atoms with Gasteiger partial charge in [-0.05, 0) is 48.2 Å². The van der Waals surface area contributed by atoms with Crippen LogP contribution in [0.1, 0.15) is 38.2 Å². The Balaban J connectivity index is 1.83. The van der Waals surface area contributed by atoms with Crippen molar-refractivity contribution in [3.8, 4) is 16.9 Å². The molecule has 148 valence electrons. The molecule has 0 aliphatic carbocycles. The molecule has 0 aliphatic rings. The first-order chi connectivity index (χ1) is 13.0. The largest absolute Gasteiger partial charge is 0.494 e. The van der Waals surface area contributed by atoms with E-state index >= 15 is 0 Å². The summed E-state index contributed by atoms with van der Waals surface area (Å²) in [6.07, 6.45) is 3.85. The lowest BCUT2D eigenvalue weighted by atomic mass is 10.0. The zero-order valence-corrected chi connectivity index (χ0v) is 16.8. The van der Waals surface area contributed by atoms with Crippen LogP contribution < -0.4 is 10.1 Å². The fourth-order valence-electron chi connectivity index (χ4n) is 2.77. The molecule has 0 saturated heterocycles. The molecule has 0 aliphatic heterocycles. The van der Waals surface area contributed by atoms with E-state index in [-0.39, 0.29) is 6.16 Å². The molecule has 0 atom stereocenters. The maximum atomic E-state index is 10.8. The van der Waals surface area contributed by atoms with Crippen LogP contribution >= 0.6 is 7.60 Å². The summed E-state index contributed by atoms with van der Waals surface area (Å²) >= 11 is 0. The van der Waals surface area contributed by atoms with Crippen LogP contribution in [0.4, 0.5) is 0 Å². The SMILES string of the molecule is CCCCCOc1cccc(-c2ccc(CNCCCP(=O)(O)O)cc2)c1. The van der Waals surface area contributed by atoms with Crippen molar-refractivity contribution in [2.75, 3.05) is 19.3 Å². The minimum absolute atomic E-state index is 0.0736.